The van der Waals surface area contributed by atoms with E-state index >= 15 is 0 Å². The number of hydrogen-bond donors (Lipinski definition) is 1. The minimum Gasteiger partial charge on any atom is -0.379 e. The van der Waals surface area contributed by atoms with Crippen LogP contribution in [0.5, 0.6) is 0 Å². The molecule has 4 heterocycles. The van der Waals surface area contributed by atoms with Gasteiger partial charge >= 0.3 is 6.18 Å². The van der Waals surface area contributed by atoms with Crippen LogP contribution in [0.3, 0.4) is 0 Å². The number of anilines is 1. The Morgan fingerprint density at radius 2 is 1.71 bits per heavy atom. The highest BCUT2D eigenvalue weighted by Gasteiger charge is 2.35. The average Bonchev–Trinajstić information content (AvgIpc) is 2.97. The number of ether oxygens (including phenoxy) is 1. The number of carbonyl (C=O) groups is 1. The second-order valence-corrected chi connectivity index (χ2v) is 10.9. The summed E-state index contributed by atoms with van der Waals surface area (Å²) in [6, 6.07) is 8.98. The lowest BCUT2D eigenvalue weighted by Gasteiger charge is -2.36. The van der Waals surface area contributed by atoms with Gasteiger partial charge in [-0.1, -0.05) is 19.9 Å². The number of alkyl halides is 3. The van der Waals surface area contributed by atoms with Gasteiger partial charge in [-0.25, -0.2) is 15.0 Å². The molecule has 0 radical (unpaired) electrons. The maximum atomic E-state index is 13.4. The van der Waals surface area contributed by atoms with Gasteiger partial charge in [-0.2, -0.15) is 13.2 Å². The number of benzene rings is 1. The molecule has 2 aliphatic rings. The summed E-state index contributed by atoms with van der Waals surface area (Å²) < 4.78 is 44.5. The summed E-state index contributed by atoms with van der Waals surface area (Å²) in [6.45, 7) is 11.7. The van der Waals surface area contributed by atoms with Crippen molar-refractivity contribution in [2.75, 3.05) is 70.5 Å². The third kappa shape index (κ3) is 7.11. The molecule has 5 rings (SSSR count). The quantitative estimate of drug-likeness (QED) is 0.439. The Bertz CT molecular complexity index is 1320. The molecule has 3 aromatic rings. The van der Waals surface area contributed by atoms with Gasteiger partial charge in [-0.3, -0.25) is 14.6 Å². The van der Waals surface area contributed by atoms with Crippen molar-refractivity contribution in [3.05, 3.63) is 59.7 Å². The lowest BCUT2D eigenvalue weighted by atomic mass is 10.1. The van der Waals surface area contributed by atoms with Gasteiger partial charge in [-0.15, -0.1) is 0 Å². The molecular formula is C29H36F3N7O2. The van der Waals surface area contributed by atoms with Crippen LogP contribution in [0.4, 0.5) is 19.0 Å². The number of rotatable bonds is 8. The first-order valence-corrected chi connectivity index (χ1v) is 14.1. The van der Waals surface area contributed by atoms with Crippen molar-refractivity contribution in [3.63, 3.8) is 0 Å². The van der Waals surface area contributed by atoms with E-state index in [1.54, 1.807) is 6.07 Å². The van der Waals surface area contributed by atoms with Crippen LogP contribution in [0.1, 0.15) is 41.6 Å². The largest absolute Gasteiger partial charge is 0.451 e. The first kappa shape index (κ1) is 29.2. The molecule has 0 spiro atoms. The number of nitrogens with zero attached hydrogens (tertiary/aromatic N) is 6. The summed E-state index contributed by atoms with van der Waals surface area (Å²) in [5, 5.41) is 3.73. The van der Waals surface area contributed by atoms with E-state index in [1.807, 2.05) is 24.3 Å². The highest BCUT2D eigenvalue weighted by atomic mass is 19.4. The van der Waals surface area contributed by atoms with E-state index in [4.69, 9.17) is 9.72 Å². The second-order valence-electron chi connectivity index (χ2n) is 10.9. The maximum absolute atomic E-state index is 13.4. The van der Waals surface area contributed by atoms with E-state index in [0.29, 0.717) is 43.3 Å². The first-order valence-electron chi connectivity index (χ1n) is 14.1. The van der Waals surface area contributed by atoms with Crippen molar-refractivity contribution in [2.24, 2.45) is 5.92 Å². The Morgan fingerprint density at radius 1 is 1.00 bits per heavy atom. The van der Waals surface area contributed by atoms with Gasteiger partial charge in [0.1, 0.15) is 5.82 Å². The SMILES string of the molecule is CC(C)CN1CCN(c2ccc3c(C(=O)NCC(c4cnc(C(F)(F)F)nc4)N4CCOCC4)cccc3n2)CC1. The molecule has 12 heteroatoms. The van der Waals surface area contributed by atoms with E-state index in [0.717, 1.165) is 49.4 Å². The molecule has 2 saturated heterocycles. The van der Waals surface area contributed by atoms with E-state index in [2.05, 4.69) is 43.8 Å². The number of piperazine rings is 1. The van der Waals surface area contributed by atoms with E-state index < -0.39 is 18.0 Å². The van der Waals surface area contributed by atoms with Crippen LogP contribution in [0.25, 0.3) is 10.9 Å². The number of morpholine rings is 1. The molecule has 1 N–H and O–H groups in total. The summed E-state index contributed by atoms with van der Waals surface area (Å²) in [5.74, 6) is 0.0656. The molecule has 1 aromatic carbocycles. The van der Waals surface area contributed by atoms with Crippen LogP contribution in [0.15, 0.2) is 42.7 Å². The van der Waals surface area contributed by atoms with Crippen molar-refractivity contribution < 1.29 is 22.7 Å². The fraction of sp³-hybridized carbons (Fsp3) is 0.517. The van der Waals surface area contributed by atoms with Crippen LogP contribution >= 0.6 is 0 Å². The van der Waals surface area contributed by atoms with Gasteiger partial charge in [0.15, 0.2) is 0 Å². The summed E-state index contributed by atoms with van der Waals surface area (Å²) in [5.41, 5.74) is 1.73. The number of halogens is 3. The first-order chi connectivity index (χ1) is 19.7. The third-order valence-electron chi connectivity index (χ3n) is 7.53. The second kappa shape index (κ2) is 12.7. The van der Waals surface area contributed by atoms with Gasteiger partial charge in [0, 0.05) is 81.3 Å². The van der Waals surface area contributed by atoms with Crippen LogP contribution in [0.2, 0.25) is 0 Å². The van der Waals surface area contributed by atoms with Crippen molar-refractivity contribution in [2.45, 2.75) is 26.1 Å². The zero-order valence-electron chi connectivity index (χ0n) is 23.4. The molecule has 220 valence electrons. The molecule has 41 heavy (non-hydrogen) atoms. The summed E-state index contributed by atoms with van der Waals surface area (Å²) in [7, 11) is 0. The number of hydrogen-bond acceptors (Lipinski definition) is 8. The van der Waals surface area contributed by atoms with Crippen LogP contribution in [-0.2, 0) is 10.9 Å². The number of carbonyl (C=O) groups excluding carboxylic acids is 1. The smallest absolute Gasteiger partial charge is 0.379 e. The van der Waals surface area contributed by atoms with Gasteiger partial charge in [0.2, 0.25) is 5.82 Å². The molecule has 0 bridgehead atoms. The highest BCUT2D eigenvalue weighted by molar-refractivity contribution is 6.06. The van der Waals surface area contributed by atoms with Gasteiger partial charge in [0.25, 0.3) is 5.91 Å². The fourth-order valence-corrected chi connectivity index (χ4v) is 5.48. The zero-order chi connectivity index (χ0) is 29.0. The van der Waals surface area contributed by atoms with Crippen molar-refractivity contribution >= 4 is 22.6 Å². The average molecular weight is 572 g/mol. The number of pyridine rings is 1. The summed E-state index contributed by atoms with van der Waals surface area (Å²) >= 11 is 0. The molecule has 2 aromatic heterocycles. The van der Waals surface area contributed by atoms with Crippen molar-refractivity contribution in [3.8, 4) is 0 Å². The number of aromatic nitrogens is 3. The predicted octanol–water partition coefficient (Wildman–Crippen LogP) is 3.62. The number of amides is 1. The molecule has 0 saturated carbocycles. The standard InChI is InChI=1S/C29H36F3N7O2/c1-20(2)19-37-8-10-39(11-9-37)26-7-6-22-23(4-3-5-24(22)36-26)27(40)33-18-25(38-12-14-41-15-13-38)21-16-34-28(35-17-21)29(30,31)32/h3-7,16-17,20,25H,8-15,18-19H2,1-2H3,(H,33,40). The zero-order valence-corrected chi connectivity index (χ0v) is 23.4. The van der Waals surface area contributed by atoms with E-state index in [1.165, 1.54) is 12.4 Å². The molecule has 1 atom stereocenters. The monoisotopic (exact) mass is 571 g/mol. The molecule has 0 aliphatic carbocycles. The molecular weight excluding hydrogens is 535 g/mol. The fourth-order valence-electron chi connectivity index (χ4n) is 5.48. The Kier molecular flexibility index (Phi) is 9.00. The molecule has 1 unspecified atom stereocenters. The molecule has 9 nitrogen and oxygen atoms in total. The Hall–Kier alpha value is -3.35. The van der Waals surface area contributed by atoms with Crippen LogP contribution in [0, 0.1) is 5.92 Å². The van der Waals surface area contributed by atoms with Crippen LogP contribution < -0.4 is 10.2 Å². The predicted molar refractivity (Wildman–Crippen MR) is 150 cm³/mol. The third-order valence-corrected chi connectivity index (χ3v) is 7.53. The lowest BCUT2D eigenvalue weighted by Crippen LogP contribution is -2.47. The molecule has 2 aliphatic heterocycles. The summed E-state index contributed by atoms with van der Waals surface area (Å²) in [4.78, 5) is 32.2. The highest BCUT2D eigenvalue weighted by Crippen LogP contribution is 2.28. The summed E-state index contributed by atoms with van der Waals surface area (Å²) in [6.07, 6.45) is -2.24. The Balaban J connectivity index is 1.29. The minimum atomic E-state index is -4.62. The molecule has 1 amide bonds. The van der Waals surface area contributed by atoms with Gasteiger partial charge in [-0.05, 0) is 30.2 Å². The Labute approximate surface area is 237 Å². The minimum absolute atomic E-state index is 0.177. The number of nitrogens with one attached hydrogen (secondary N) is 1. The maximum Gasteiger partial charge on any atom is 0.451 e. The molecule has 2 fully saturated rings. The van der Waals surface area contributed by atoms with E-state index in [-0.39, 0.29) is 12.5 Å². The van der Waals surface area contributed by atoms with Gasteiger partial charge in [0.05, 0.1) is 24.8 Å². The van der Waals surface area contributed by atoms with E-state index in [9.17, 15) is 18.0 Å². The van der Waals surface area contributed by atoms with Crippen molar-refractivity contribution in [1.29, 1.82) is 0 Å². The lowest BCUT2D eigenvalue weighted by molar-refractivity contribution is -0.145. The normalized spacial score (nSPS) is 18.1. The van der Waals surface area contributed by atoms with Crippen LogP contribution in [-0.4, -0.2) is 96.2 Å². The van der Waals surface area contributed by atoms with Crippen molar-refractivity contribution in [1.82, 2.24) is 30.1 Å². The topological polar surface area (TPSA) is 86.7 Å². The Morgan fingerprint density at radius 3 is 2.37 bits per heavy atom. The number of fused-ring (bicyclic) bond motifs is 1. The van der Waals surface area contributed by atoms with Gasteiger partial charge < -0.3 is 15.0 Å².